The summed E-state index contributed by atoms with van der Waals surface area (Å²) in [7, 11) is 0. The summed E-state index contributed by atoms with van der Waals surface area (Å²) < 4.78 is 43.6. The van der Waals surface area contributed by atoms with E-state index < -0.39 is 23.1 Å². The van der Waals surface area contributed by atoms with Crippen LogP contribution in [0, 0.1) is 0 Å². The summed E-state index contributed by atoms with van der Waals surface area (Å²) >= 11 is 0.970. The highest BCUT2D eigenvalue weighted by Crippen LogP contribution is 2.29. The van der Waals surface area contributed by atoms with Crippen LogP contribution in [0.1, 0.15) is 21.7 Å². The van der Waals surface area contributed by atoms with E-state index in [0.29, 0.717) is 0 Å². The van der Waals surface area contributed by atoms with Crippen LogP contribution in [0.3, 0.4) is 0 Å². The predicted octanol–water partition coefficient (Wildman–Crippen LogP) is 2.54. The maximum absolute atomic E-state index is 12.7. The van der Waals surface area contributed by atoms with Crippen molar-refractivity contribution < 1.29 is 22.4 Å². The lowest BCUT2D eigenvalue weighted by molar-refractivity contribution is -0.137. The molecular weight excluding hydrogens is 355 g/mol. The number of rotatable bonds is 3. The third-order valence-electron chi connectivity index (χ3n) is 3.22. The highest BCUT2D eigenvalue weighted by molar-refractivity contribution is 7.07. The first kappa shape index (κ1) is 17.0. The molecule has 0 spiro atoms. The molecule has 2 heterocycles. The van der Waals surface area contributed by atoms with Crippen molar-refractivity contribution in [2.45, 2.75) is 6.18 Å². The molecule has 0 atom stereocenters. The van der Waals surface area contributed by atoms with Crippen molar-refractivity contribution in [3.8, 4) is 0 Å². The number of hydrogen-bond acceptors (Lipinski definition) is 4. The van der Waals surface area contributed by atoms with Crippen molar-refractivity contribution in [3.05, 3.63) is 79.1 Å². The monoisotopic (exact) mass is 365 g/mol. The summed E-state index contributed by atoms with van der Waals surface area (Å²) in [4.78, 5) is 26.3. The van der Waals surface area contributed by atoms with E-state index in [4.69, 9.17) is 4.42 Å². The summed E-state index contributed by atoms with van der Waals surface area (Å²) in [5.74, 6) is -0.300. The number of thiazole rings is 1. The van der Waals surface area contributed by atoms with Gasteiger partial charge in [0, 0.05) is 6.08 Å². The number of carbonyl (C=O) groups is 1. The molecule has 0 saturated heterocycles. The van der Waals surface area contributed by atoms with Gasteiger partial charge in [0.15, 0.2) is 5.76 Å². The number of furan rings is 1. The summed E-state index contributed by atoms with van der Waals surface area (Å²) in [5, 5.41) is 0. The molecule has 0 bridgehead atoms. The van der Waals surface area contributed by atoms with Crippen molar-refractivity contribution in [1.29, 1.82) is 0 Å². The summed E-state index contributed by atoms with van der Waals surface area (Å²) in [5.41, 5.74) is -1.04. The molecule has 1 aromatic carbocycles. The molecule has 8 heteroatoms. The number of ketones is 1. The second-order valence-electron chi connectivity index (χ2n) is 5.04. The molecule has 25 heavy (non-hydrogen) atoms. The molecule has 0 aliphatic carbocycles. The number of Topliss-reactive ketones (excluding diaryl/α,β-unsaturated/α-hetero) is 1. The molecule has 128 valence electrons. The fourth-order valence-electron chi connectivity index (χ4n) is 2.09. The van der Waals surface area contributed by atoms with Gasteiger partial charge in [0.25, 0.3) is 5.56 Å². The van der Waals surface area contributed by atoms with Crippen molar-refractivity contribution in [1.82, 2.24) is 4.98 Å². The van der Waals surface area contributed by atoms with E-state index >= 15 is 0 Å². The Labute approximate surface area is 142 Å². The van der Waals surface area contributed by atoms with Crippen molar-refractivity contribution in [2.75, 3.05) is 0 Å². The summed E-state index contributed by atoms with van der Waals surface area (Å²) in [6, 6.07) is 7.69. The van der Waals surface area contributed by atoms with Crippen LogP contribution in [0.4, 0.5) is 13.2 Å². The first-order valence-corrected chi connectivity index (χ1v) is 7.82. The van der Waals surface area contributed by atoms with Gasteiger partial charge in [-0.3, -0.25) is 9.59 Å². The SMILES string of the molecule is O=C(C=c1[nH]c(=O)c(=Cc2cccc(C(F)(F)F)c2)s1)c1ccco1. The number of aromatic amines is 1. The van der Waals surface area contributed by atoms with Crippen LogP contribution >= 0.6 is 11.3 Å². The normalized spacial score (nSPS) is 13.4. The summed E-state index contributed by atoms with van der Waals surface area (Å²) in [6.07, 6.45) is -0.562. The fourth-order valence-corrected chi connectivity index (χ4v) is 2.97. The summed E-state index contributed by atoms with van der Waals surface area (Å²) in [6.45, 7) is 0. The second-order valence-corrected chi connectivity index (χ2v) is 6.12. The average Bonchev–Trinajstić information content (AvgIpc) is 3.18. The zero-order chi connectivity index (χ0) is 18.0. The first-order valence-electron chi connectivity index (χ1n) is 7.00. The number of H-pyrrole nitrogens is 1. The van der Waals surface area contributed by atoms with E-state index in [0.717, 1.165) is 23.5 Å². The Kier molecular flexibility index (Phi) is 4.45. The van der Waals surface area contributed by atoms with Crippen LogP contribution in [0.15, 0.2) is 51.9 Å². The standard InChI is InChI=1S/C17H10F3NO3S/c18-17(19,20)11-4-1-3-10(7-11)8-14-16(23)21-15(25-14)9-12(22)13-5-2-6-24-13/h1-9H,(H,21,23). The molecule has 3 aromatic rings. The smallest absolute Gasteiger partial charge is 0.416 e. The first-order chi connectivity index (χ1) is 11.8. The molecule has 1 N–H and O–H groups in total. The highest BCUT2D eigenvalue weighted by Gasteiger charge is 2.30. The lowest BCUT2D eigenvalue weighted by Gasteiger charge is -2.06. The van der Waals surface area contributed by atoms with Gasteiger partial charge in [-0.1, -0.05) is 12.1 Å². The van der Waals surface area contributed by atoms with Crippen molar-refractivity contribution in [3.63, 3.8) is 0 Å². The average molecular weight is 365 g/mol. The van der Waals surface area contributed by atoms with Gasteiger partial charge in [0.1, 0.15) is 0 Å². The van der Waals surface area contributed by atoms with Gasteiger partial charge in [0.2, 0.25) is 5.78 Å². The van der Waals surface area contributed by atoms with Gasteiger partial charge in [-0.25, -0.2) is 0 Å². The topological polar surface area (TPSA) is 63.1 Å². The lowest BCUT2D eigenvalue weighted by Crippen LogP contribution is -2.20. The van der Waals surface area contributed by atoms with E-state index in [9.17, 15) is 22.8 Å². The van der Waals surface area contributed by atoms with Crippen LogP contribution in [-0.2, 0) is 6.18 Å². The molecule has 0 saturated carbocycles. The molecule has 0 aliphatic rings. The predicted molar refractivity (Wildman–Crippen MR) is 86.7 cm³/mol. The zero-order valence-electron chi connectivity index (χ0n) is 12.5. The number of alkyl halides is 3. The minimum atomic E-state index is -4.46. The number of benzene rings is 1. The number of halogens is 3. The molecule has 4 nitrogen and oxygen atoms in total. The largest absolute Gasteiger partial charge is 0.461 e. The molecular formula is C17H10F3NO3S. The third-order valence-corrected chi connectivity index (χ3v) is 4.18. The van der Waals surface area contributed by atoms with Crippen molar-refractivity contribution in [2.24, 2.45) is 0 Å². The van der Waals surface area contributed by atoms with E-state index in [2.05, 4.69) is 4.98 Å². The molecule has 2 aromatic heterocycles. The van der Waals surface area contributed by atoms with Crippen LogP contribution in [0.5, 0.6) is 0 Å². The maximum Gasteiger partial charge on any atom is 0.416 e. The number of nitrogens with one attached hydrogen (secondary N) is 1. The Bertz CT molecular complexity index is 1080. The molecule has 0 unspecified atom stereocenters. The van der Waals surface area contributed by atoms with Gasteiger partial charge in [-0.2, -0.15) is 13.2 Å². The quantitative estimate of drug-likeness (QED) is 0.726. The minimum Gasteiger partial charge on any atom is -0.461 e. The van der Waals surface area contributed by atoms with Gasteiger partial charge >= 0.3 is 6.18 Å². The number of hydrogen-bond donors (Lipinski definition) is 1. The van der Waals surface area contributed by atoms with E-state index in [-0.39, 0.29) is 20.5 Å². The molecule has 0 amide bonds. The number of aromatic nitrogens is 1. The van der Waals surface area contributed by atoms with Gasteiger partial charge < -0.3 is 9.40 Å². The maximum atomic E-state index is 12.7. The molecule has 0 fully saturated rings. The van der Waals surface area contributed by atoms with Gasteiger partial charge in [-0.05, 0) is 35.9 Å². The Morgan fingerprint density at radius 2 is 2.00 bits per heavy atom. The van der Waals surface area contributed by atoms with Crippen LogP contribution < -0.4 is 14.8 Å². The molecule has 0 aliphatic heterocycles. The lowest BCUT2D eigenvalue weighted by atomic mass is 10.1. The van der Waals surface area contributed by atoms with E-state index in [1.54, 1.807) is 6.07 Å². The second kappa shape index (κ2) is 6.56. The van der Waals surface area contributed by atoms with Crippen LogP contribution in [0.25, 0.3) is 12.2 Å². The molecule has 0 radical (unpaired) electrons. The van der Waals surface area contributed by atoms with Crippen LogP contribution in [-0.4, -0.2) is 10.8 Å². The third kappa shape index (κ3) is 3.97. The molecule has 3 rings (SSSR count). The zero-order valence-corrected chi connectivity index (χ0v) is 13.3. The minimum absolute atomic E-state index is 0.123. The Morgan fingerprint density at radius 1 is 1.20 bits per heavy atom. The van der Waals surface area contributed by atoms with E-state index in [1.807, 2.05) is 0 Å². The fraction of sp³-hybridized carbons (Fsp3) is 0.0588. The Balaban J connectivity index is 2.00. The van der Waals surface area contributed by atoms with E-state index in [1.165, 1.54) is 36.6 Å². The van der Waals surface area contributed by atoms with Crippen LogP contribution in [0.2, 0.25) is 0 Å². The number of carbonyl (C=O) groups excluding carboxylic acids is 1. The van der Waals surface area contributed by atoms with Gasteiger partial charge in [-0.15, -0.1) is 11.3 Å². The Morgan fingerprint density at radius 3 is 2.68 bits per heavy atom. The Hall–Kier alpha value is -2.87. The van der Waals surface area contributed by atoms with Gasteiger partial charge in [0.05, 0.1) is 21.0 Å². The van der Waals surface area contributed by atoms with Crippen molar-refractivity contribution >= 4 is 29.3 Å². The highest BCUT2D eigenvalue weighted by atomic mass is 32.1.